The molecule has 5 nitrogen and oxygen atoms in total. The topological polar surface area (TPSA) is 48.1 Å². The van der Waals surface area contributed by atoms with Gasteiger partial charge in [0.25, 0.3) is 0 Å². The maximum atomic E-state index is 5.59. The van der Waals surface area contributed by atoms with E-state index in [2.05, 4.69) is 30.8 Å². The Bertz CT molecular complexity index is 878. The summed E-state index contributed by atoms with van der Waals surface area (Å²) in [6.45, 7) is 10.8. The molecule has 0 bridgehead atoms. The van der Waals surface area contributed by atoms with Crippen molar-refractivity contribution in [3.63, 3.8) is 0 Å². The number of hydrogen-bond donors (Lipinski definition) is 0. The Kier molecular flexibility index (Phi) is 7.85. The third-order valence-corrected chi connectivity index (χ3v) is 4.87. The summed E-state index contributed by atoms with van der Waals surface area (Å²) in [5, 5.41) is 6.93. The molecule has 1 heterocycles. The maximum Gasteiger partial charge on any atom is 0.206 e. The quantitative estimate of drug-likeness (QED) is 0.443. The number of ether oxygens (including phenoxy) is 2. The minimum atomic E-state index is 0.587. The van der Waals surface area contributed by atoms with E-state index in [-0.39, 0.29) is 0 Å². The van der Waals surface area contributed by atoms with Crippen LogP contribution in [0.15, 0.2) is 45.8 Å². The summed E-state index contributed by atoms with van der Waals surface area (Å²) in [7, 11) is 3.31. The van der Waals surface area contributed by atoms with E-state index >= 15 is 0 Å². The molecule has 0 fully saturated rings. The van der Waals surface area contributed by atoms with Crippen LogP contribution in [-0.4, -0.2) is 31.2 Å². The summed E-state index contributed by atoms with van der Waals surface area (Å²) in [6.07, 6.45) is 3.24. The Morgan fingerprint density at radius 2 is 2.00 bits per heavy atom. The van der Waals surface area contributed by atoms with E-state index in [1.807, 2.05) is 29.8 Å². The largest absolute Gasteiger partial charge is 0.497 e. The Morgan fingerprint density at radius 3 is 2.63 bits per heavy atom. The Balaban J connectivity index is 2.60. The fourth-order valence-electron chi connectivity index (χ4n) is 2.56. The number of hydrogen-bond acceptors (Lipinski definition) is 5. The molecule has 0 saturated carbocycles. The highest BCUT2D eigenvalue weighted by molar-refractivity contribution is 7.07. The van der Waals surface area contributed by atoms with Crippen LogP contribution >= 0.6 is 11.3 Å². The summed E-state index contributed by atoms with van der Waals surface area (Å²) in [5.74, 6) is 1.50. The zero-order chi connectivity index (χ0) is 19.8. The first-order valence-electron chi connectivity index (χ1n) is 9.12. The van der Waals surface area contributed by atoms with Crippen molar-refractivity contribution in [1.82, 2.24) is 4.68 Å². The normalized spacial score (nSPS) is 12.3. The van der Waals surface area contributed by atoms with E-state index in [0.717, 1.165) is 58.1 Å². The van der Waals surface area contributed by atoms with Gasteiger partial charge in [-0.3, -0.25) is 4.99 Å². The van der Waals surface area contributed by atoms with Gasteiger partial charge in [0.1, 0.15) is 11.5 Å². The van der Waals surface area contributed by atoms with Crippen molar-refractivity contribution in [3.8, 4) is 22.8 Å². The van der Waals surface area contributed by atoms with Gasteiger partial charge < -0.3 is 9.47 Å². The molecule has 1 aromatic carbocycles. The van der Waals surface area contributed by atoms with Gasteiger partial charge in [-0.15, -0.1) is 11.3 Å². The van der Waals surface area contributed by atoms with E-state index in [1.165, 1.54) is 0 Å². The standard InChI is InChI=1S/C21H29N3O2S/c1-7-8-9-16(4)23-24-19(14-27-21(24)22-13-15(2)3)18-11-10-17(25-5)12-20(18)26-6/h10-12,14H,2,7-9,13H2,1,3-6H3. The molecule has 0 unspecified atom stereocenters. The van der Waals surface area contributed by atoms with Crippen molar-refractivity contribution in [2.75, 3.05) is 20.8 Å². The molecular formula is C21H29N3O2S. The van der Waals surface area contributed by atoms with Crippen LogP contribution in [0.3, 0.4) is 0 Å². The van der Waals surface area contributed by atoms with E-state index in [9.17, 15) is 0 Å². The van der Waals surface area contributed by atoms with Gasteiger partial charge in [0, 0.05) is 22.7 Å². The fraction of sp³-hybridized carbons (Fsp3) is 0.429. The second kappa shape index (κ2) is 10.1. The molecule has 0 radical (unpaired) electrons. The molecule has 0 N–H and O–H groups in total. The van der Waals surface area contributed by atoms with Crippen LogP contribution in [0.5, 0.6) is 11.5 Å². The lowest BCUT2D eigenvalue weighted by Crippen LogP contribution is -2.14. The molecule has 146 valence electrons. The number of nitrogens with zero attached hydrogens (tertiary/aromatic N) is 3. The number of benzene rings is 1. The third kappa shape index (κ3) is 5.57. The molecule has 0 atom stereocenters. The maximum absolute atomic E-state index is 5.59. The van der Waals surface area contributed by atoms with Crippen LogP contribution in [0.1, 0.15) is 40.0 Å². The van der Waals surface area contributed by atoms with Crippen LogP contribution in [0.25, 0.3) is 11.3 Å². The SMILES string of the molecule is C=C(C)CN=c1scc(-c2ccc(OC)cc2OC)n1N=C(C)CCCC. The first kappa shape index (κ1) is 21.0. The summed E-state index contributed by atoms with van der Waals surface area (Å²) < 4.78 is 12.8. The molecule has 2 rings (SSSR count). The molecule has 27 heavy (non-hydrogen) atoms. The van der Waals surface area contributed by atoms with Gasteiger partial charge in [-0.25, -0.2) is 4.68 Å². The molecule has 1 aromatic heterocycles. The van der Waals surface area contributed by atoms with Crippen molar-refractivity contribution in [2.45, 2.75) is 40.0 Å². The van der Waals surface area contributed by atoms with E-state index in [1.54, 1.807) is 25.6 Å². The average Bonchev–Trinajstić information content (AvgIpc) is 3.06. The lowest BCUT2D eigenvalue weighted by Gasteiger charge is -2.11. The van der Waals surface area contributed by atoms with Crippen LogP contribution in [0, 0.1) is 0 Å². The molecule has 2 aromatic rings. The predicted molar refractivity (Wildman–Crippen MR) is 114 cm³/mol. The van der Waals surface area contributed by atoms with Crippen LogP contribution in [0.2, 0.25) is 0 Å². The summed E-state index contributed by atoms with van der Waals surface area (Å²) in [5.41, 5.74) is 4.01. The zero-order valence-corrected chi connectivity index (χ0v) is 17.7. The lowest BCUT2D eigenvalue weighted by atomic mass is 10.1. The minimum Gasteiger partial charge on any atom is -0.497 e. The first-order chi connectivity index (χ1) is 13.0. The van der Waals surface area contributed by atoms with Crippen molar-refractivity contribution in [1.29, 1.82) is 0 Å². The molecular weight excluding hydrogens is 358 g/mol. The molecule has 0 aliphatic heterocycles. The van der Waals surface area contributed by atoms with Gasteiger partial charge in [0.2, 0.25) is 4.80 Å². The number of thiazole rings is 1. The third-order valence-electron chi connectivity index (χ3n) is 4.02. The number of aromatic nitrogens is 1. The van der Waals surface area contributed by atoms with Gasteiger partial charge in [-0.2, -0.15) is 5.10 Å². The minimum absolute atomic E-state index is 0.587. The number of rotatable bonds is 9. The smallest absolute Gasteiger partial charge is 0.206 e. The molecule has 0 spiro atoms. The molecule has 0 amide bonds. The number of unbranched alkanes of at least 4 members (excludes halogenated alkanes) is 1. The highest BCUT2D eigenvalue weighted by atomic mass is 32.1. The zero-order valence-electron chi connectivity index (χ0n) is 16.9. The van der Waals surface area contributed by atoms with Gasteiger partial charge >= 0.3 is 0 Å². The van der Waals surface area contributed by atoms with Crippen LogP contribution in [0.4, 0.5) is 0 Å². The summed E-state index contributed by atoms with van der Waals surface area (Å²) in [6, 6.07) is 5.81. The molecule has 0 aliphatic rings. The van der Waals surface area contributed by atoms with E-state index in [4.69, 9.17) is 14.6 Å². The molecule has 6 heteroatoms. The average molecular weight is 388 g/mol. The summed E-state index contributed by atoms with van der Waals surface area (Å²) in [4.78, 5) is 5.53. The van der Waals surface area contributed by atoms with Gasteiger partial charge in [0.05, 0.1) is 26.5 Å². The van der Waals surface area contributed by atoms with Crippen molar-refractivity contribution >= 4 is 17.0 Å². The lowest BCUT2D eigenvalue weighted by molar-refractivity contribution is 0.395. The molecule has 0 saturated heterocycles. The summed E-state index contributed by atoms with van der Waals surface area (Å²) >= 11 is 1.57. The van der Waals surface area contributed by atoms with E-state index in [0.29, 0.717) is 6.54 Å². The number of methoxy groups -OCH3 is 2. The first-order valence-corrected chi connectivity index (χ1v) is 10.00. The Hall–Kier alpha value is -2.34. The van der Waals surface area contributed by atoms with Gasteiger partial charge in [-0.05, 0) is 38.8 Å². The highest BCUT2D eigenvalue weighted by Crippen LogP contribution is 2.33. The Labute approximate surface area is 165 Å². The van der Waals surface area contributed by atoms with Crippen LogP contribution in [-0.2, 0) is 0 Å². The second-order valence-corrected chi connectivity index (χ2v) is 7.33. The van der Waals surface area contributed by atoms with Crippen molar-refractivity contribution in [2.24, 2.45) is 10.1 Å². The monoisotopic (exact) mass is 387 g/mol. The van der Waals surface area contributed by atoms with E-state index < -0.39 is 0 Å². The fourth-order valence-corrected chi connectivity index (χ4v) is 3.38. The van der Waals surface area contributed by atoms with Crippen LogP contribution < -0.4 is 14.3 Å². The van der Waals surface area contributed by atoms with Gasteiger partial charge in [0.15, 0.2) is 0 Å². The second-order valence-electron chi connectivity index (χ2n) is 6.49. The van der Waals surface area contributed by atoms with Crippen molar-refractivity contribution in [3.05, 3.63) is 40.5 Å². The predicted octanol–water partition coefficient (Wildman–Crippen LogP) is 5.12. The molecule has 0 aliphatic carbocycles. The van der Waals surface area contributed by atoms with Gasteiger partial charge in [-0.1, -0.05) is 25.5 Å². The highest BCUT2D eigenvalue weighted by Gasteiger charge is 2.14. The van der Waals surface area contributed by atoms with Crippen molar-refractivity contribution < 1.29 is 9.47 Å². The Morgan fingerprint density at radius 1 is 1.22 bits per heavy atom.